The van der Waals surface area contributed by atoms with Gasteiger partial charge in [0.25, 0.3) is 0 Å². The Morgan fingerprint density at radius 2 is 2.33 bits per heavy atom. The Balaban J connectivity index is 2.17. The van der Waals surface area contributed by atoms with Gasteiger partial charge in [0.05, 0.1) is 6.42 Å². The van der Waals surface area contributed by atoms with Gasteiger partial charge in [-0.15, -0.1) is 0 Å². The topological polar surface area (TPSA) is 57.0 Å². The second-order valence-electron chi connectivity index (χ2n) is 6.44. The van der Waals surface area contributed by atoms with Crippen LogP contribution in [-0.4, -0.2) is 32.8 Å². The lowest BCUT2D eigenvalue weighted by Gasteiger charge is -2.38. The fraction of sp³-hybridized carbons (Fsp3) is 0.812. The van der Waals surface area contributed by atoms with E-state index in [1.54, 1.807) is 0 Å². The van der Waals surface area contributed by atoms with Crippen molar-refractivity contribution in [3.05, 3.63) is 12.2 Å². The highest BCUT2D eigenvalue weighted by molar-refractivity contribution is 5.88. The first-order valence-corrected chi connectivity index (χ1v) is 8.04. The van der Waals surface area contributed by atoms with Gasteiger partial charge in [-0.1, -0.05) is 13.3 Å². The van der Waals surface area contributed by atoms with E-state index in [2.05, 4.69) is 17.0 Å². The lowest BCUT2D eigenvalue weighted by molar-refractivity contribution is -0.150. The zero-order chi connectivity index (χ0) is 15.5. The molecule has 0 radical (unpaired) electrons. The van der Waals surface area contributed by atoms with Crippen molar-refractivity contribution in [2.45, 2.75) is 71.4 Å². The predicted octanol–water partition coefficient (Wildman–Crippen LogP) is 2.96. The summed E-state index contributed by atoms with van der Waals surface area (Å²) in [6, 6.07) is 0.212. The minimum Gasteiger partial charge on any atom is -0.367 e. The largest absolute Gasteiger partial charge is 0.367 e. The molecule has 1 heterocycles. The normalized spacial score (nSPS) is 26.2. The second kappa shape index (κ2) is 6.69. The molecule has 1 fully saturated rings. The zero-order valence-electron chi connectivity index (χ0n) is 13.6. The lowest BCUT2D eigenvalue weighted by atomic mass is 9.75. The molecule has 0 saturated heterocycles. The molecule has 5 heteroatoms. The van der Waals surface area contributed by atoms with Gasteiger partial charge in [-0.25, -0.2) is 9.67 Å². The molecule has 0 bridgehead atoms. The Kier molecular flexibility index (Phi) is 5.14. The first-order chi connectivity index (χ1) is 9.98. The van der Waals surface area contributed by atoms with Crippen molar-refractivity contribution in [1.82, 2.24) is 14.8 Å². The standard InChI is InChI=1S/C16H27N3O2/c1-5-21-16(8-6-7-13(4)10-16)14(20)9-15-17-11-18-19(15)12(2)3/h11-13H,5-10H2,1-4H3. The molecule has 5 nitrogen and oxygen atoms in total. The van der Waals surface area contributed by atoms with Crippen molar-refractivity contribution in [3.8, 4) is 0 Å². The minimum absolute atomic E-state index is 0.158. The third kappa shape index (κ3) is 3.51. The van der Waals surface area contributed by atoms with Crippen molar-refractivity contribution in [3.63, 3.8) is 0 Å². The Hall–Kier alpha value is -1.23. The third-order valence-electron chi connectivity index (χ3n) is 4.34. The van der Waals surface area contributed by atoms with Crippen LogP contribution < -0.4 is 0 Å². The number of hydrogen-bond acceptors (Lipinski definition) is 4. The van der Waals surface area contributed by atoms with Crippen LogP contribution >= 0.6 is 0 Å². The van der Waals surface area contributed by atoms with E-state index in [-0.39, 0.29) is 11.8 Å². The van der Waals surface area contributed by atoms with E-state index in [1.807, 2.05) is 25.5 Å². The van der Waals surface area contributed by atoms with Gasteiger partial charge in [0, 0.05) is 12.6 Å². The van der Waals surface area contributed by atoms with Crippen molar-refractivity contribution >= 4 is 5.78 Å². The average Bonchev–Trinajstić information content (AvgIpc) is 2.87. The van der Waals surface area contributed by atoms with Crippen LogP contribution in [0.2, 0.25) is 0 Å². The monoisotopic (exact) mass is 293 g/mol. The van der Waals surface area contributed by atoms with Crippen LogP contribution in [-0.2, 0) is 16.0 Å². The molecule has 1 aromatic heterocycles. The molecule has 1 aromatic rings. The molecule has 0 aliphatic heterocycles. The van der Waals surface area contributed by atoms with Crippen molar-refractivity contribution in [1.29, 1.82) is 0 Å². The van der Waals surface area contributed by atoms with Crippen LogP contribution in [0.15, 0.2) is 6.33 Å². The highest BCUT2D eigenvalue weighted by atomic mass is 16.5. The van der Waals surface area contributed by atoms with Crippen LogP contribution in [0.4, 0.5) is 0 Å². The molecule has 1 aliphatic rings. The van der Waals surface area contributed by atoms with Crippen molar-refractivity contribution < 1.29 is 9.53 Å². The van der Waals surface area contributed by atoms with E-state index < -0.39 is 5.60 Å². The quantitative estimate of drug-likeness (QED) is 0.809. The van der Waals surface area contributed by atoms with Crippen molar-refractivity contribution in [2.24, 2.45) is 5.92 Å². The first-order valence-electron chi connectivity index (χ1n) is 8.04. The number of aromatic nitrogens is 3. The molecular weight excluding hydrogens is 266 g/mol. The number of carbonyl (C=O) groups excluding carboxylic acids is 1. The van der Waals surface area contributed by atoms with Gasteiger partial charge in [0.2, 0.25) is 0 Å². The van der Waals surface area contributed by atoms with Gasteiger partial charge in [0.15, 0.2) is 5.78 Å². The van der Waals surface area contributed by atoms with E-state index in [9.17, 15) is 4.79 Å². The average molecular weight is 293 g/mol. The number of Topliss-reactive ketones (excluding diaryl/α,β-unsaturated/α-hetero) is 1. The minimum atomic E-state index is -0.611. The van der Waals surface area contributed by atoms with Gasteiger partial charge in [-0.3, -0.25) is 4.79 Å². The molecular formula is C16H27N3O2. The fourth-order valence-corrected chi connectivity index (χ4v) is 3.38. The fourth-order valence-electron chi connectivity index (χ4n) is 3.38. The summed E-state index contributed by atoms with van der Waals surface area (Å²) in [5.74, 6) is 1.44. The summed E-state index contributed by atoms with van der Waals surface area (Å²) in [7, 11) is 0. The zero-order valence-corrected chi connectivity index (χ0v) is 13.6. The second-order valence-corrected chi connectivity index (χ2v) is 6.44. The molecule has 0 N–H and O–H groups in total. The van der Waals surface area contributed by atoms with Crippen LogP contribution in [0.3, 0.4) is 0 Å². The summed E-state index contributed by atoms with van der Waals surface area (Å²) in [6.07, 6.45) is 5.74. The smallest absolute Gasteiger partial charge is 0.172 e. The predicted molar refractivity (Wildman–Crippen MR) is 81.1 cm³/mol. The number of hydrogen-bond donors (Lipinski definition) is 0. The lowest BCUT2D eigenvalue weighted by Crippen LogP contribution is -2.46. The molecule has 0 amide bonds. The molecule has 0 aromatic carbocycles. The van der Waals surface area contributed by atoms with E-state index >= 15 is 0 Å². The van der Waals surface area contributed by atoms with Crippen LogP contribution in [0.1, 0.15) is 65.2 Å². The van der Waals surface area contributed by atoms with E-state index in [4.69, 9.17) is 4.74 Å². The molecule has 0 spiro atoms. The summed E-state index contributed by atoms with van der Waals surface area (Å²) < 4.78 is 7.77. The summed E-state index contributed by atoms with van der Waals surface area (Å²) in [5, 5.41) is 4.21. The molecule has 1 saturated carbocycles. The number of ether oxygens (including phenoxy) is 1. The molecule has 2 unspecified atom stereocenters. The third-order valence-corrected chi connectivity index (χ3v) is 4.34. The Bertz CT molecular complexity index is 480. The number of nitrogens with zero attached hydrogens (tertiary/aromatic N) is 3. The van der Waals surface area contributed by atoms with Crippen LogP contribution in [0, 0.1) is 5.92 Å². The van der Waals surface area contributed by atoms with E-state index in [0.29, 0.717) is 18.9 Å². The summed E-state index contributed by atoms with van der Waals surface area (Å²) in [6.45, 7) is 8.84. The van der Waals surface area contributed by atoms with E-state index in [1.165, 1.54) is 12.7 Å². The van der Waals surface area contributed by atoms with Crippen LogP contribution in [0.5, 0.6) is 0 Å². The molecule has 2 atom stereocenters. The number of rotatable bonds is 6. The SMILES string of the molecule is CCOC1(C(=O)Cc2ncnn2C(C)C)CCCC(C)C1. The van der Waals surface area contributed by atoms with Gasteiger partial charge < -0.3 is 4.74 Å². The number of carbonyl (C=O) groups is 1. The molecule has 2 rings (SSSR count). The Labute approximate surface area is 127 Å². The van der Waals surface area contributed by atoms with Gasteiger partial charge in [-0.05, 0) is 46.0 Å². The molecule has 21 heavy (non-hydrogen) atoms. The molecule has 118 valence electrons. The summed E-state index contributed by atoms with van der Waals surface area (Å²) in [4.78, 5) is 17.1. The summed E-state index contributed by atoms with van der Waals surface area (Å²) in [5.41, 5.74) is -0.611. The van der Waals surface area contributed by atoms with E-state index in [0.717, 1.165) is 25.1 Å². The Morgan fingerprint density at radius 3 is 2.95 bits per heavy atom. The Morgan fingerprint density at radius 1 is 1.57 bits per heavy atom. The van der Waals surface area contributed by atoms with Gasteiger partial charge in [-0.2, -0.15) is 5.10 Å². The first kappa shape index (κ1) is 16.1. The van der Waals surface area contributed by atoms with Gasteiger partial charge in [0.1, 0.15) is 17.8 Å². The maximum absolute atomic E-state index is 12.9. The highest BCUT2D eigenvalue weighted by Gasteiger charge is 2.42. The highest BCUT2D eigenvalue weighted by Crippen LogP contribution is 2.36. The van der Waals surface area contributed by atoms with Crippen LogP contribution in [0.25, 0.3) is 0 Å². The summed E-state index contributed by atoms with van der Waals surface area (Å²) >= 11 is 0. The van der Waals surface area contributed by atoms with Crippen molar-refractivity contribution in [2.75, 3.05) is 6.61 Å². The maximum atomic E-state index is 12.9. The maximum Gasteiger partial charge on any atom is 0.172 e. The molecule has 1 aliphatic carbocycles. The van der Waals surface area contributed by atoms with Gasteiger partial charge >= 0.3 is 0 Å². The number of ketones is 1.